The molecule has 0 unspecified atom stereocenters. The quantitative estimate of drug-likeness (QED) is 0.360. The second-order valence-electron chi connectivity index (χ2n) is 1.65. The van der Waals surface area contributed by atoms with Gasteiger partial charge in [0, 0.05) is 0 Å². The fourth-order valence-corrected chi connectivity index (χ4v) is 0.642. The zero-order chi connectivity index (χ0) is 6.85. The number of rotatable bonds is 0. The Morgan fingerprint density at radius 3 is 2.89 bits per heavy atom. The molecule has 1 aliphatic rings. The minimum absolute atomic E-state index is 0.252. The molecular formula is C4H7ClN4. The van der Waals surface area contributed by atoms with Gasteiger partial charge in [-0.25, -0.2) is 10.8 Å². The van der Waals surface area contributed by atoms with Gasteiger partial charge in [-0.3, -0.25) is 5.01 Å². The number of guanidine groups is 1. The summed E-state index contributed by atoms with van der Waals surface area (Å²) in [5, 5.41) is 1.71. The Labute approximate surface area is 57.7 Å². The summed E-state index contributed by atoms with van der Waals surface area (Å²) in [6.07, 6.45) is 1.68. The van der Waals surface area contributed by atoms with E-state index < -0.39 is 0 Å². The average Bonchev–Trinajstić information content (AvgIpc) is 1.80. The van der Waals surface area contributed by atoms with Crippen molar-refractivity contribution in [3.8, 4) is 0 Å². The van der Waals surface area contributed by atoms with Crippen molar-refractivity contribution in [3.63, 3.8) is 0 Å². The maximum Gasteiger partial charge on any atom is 0.212 e. The highest BCUT2D eigenvalue weighted by Crippen LogP contribution is 2.06. The van der Waals surface area contributed by atoms with Crippen LogP contribution in [0.1, 0.15) is 0 Å². The first kappa shape index (κ1) is 6.38. The van der Waals surface area contributed by atoms with Gasteiger partial charge in [0.05, 0.1) is 6.54 Å². The van der Waals surface area contributed by atoms with Gasteiger partial charge in [-0.2, -0.15) is 0 Å². The summed E-state index contributed by atoms with van der Waals surface area (Å²) < 4.78 is 0. The number of nitrogens with zero attached hydrogens (tertiary/aromatic N) is 2. The summed E-state index contributed by atoms with van der Waals surface area (Å²) in [5.74, 6) is 5.57. The standard InChI is InChI=1S/C4H7ClN4/c5-3-1-2-9(7)4(6)8-3/h1H,2,7H2,(H2,6,8). The highest BCUT2D eigenvalue weighted by molar-refractivity contribution is 6.30. The largest absolute Gasteiger partial charge is 0.368 e. The van der Waals surface area contributed by atoms with E-state index in [0.717, 1.165) is 0 Å². The van der Waals surface area contributed by atoms with E-state index in [1.807, 2.05) is 0 Å². The van der Waals surface area contributed by atoms with E-state index in [4.69, 9.17) is 23.2 Å². The van der Waals surface area contributed by atoms with Crippen molar-refractivity contribution in [2.24, 2.45) is 16.6 Å². The lowest BCUT2D eigenvalue weighted by atomic mass is 10.5. The SMILES string of the molecule is NC1=NC(Cl)=CCN1N. The summed E-state index contributed by atoms with van der Waals surface area (Å²) in [6, 6.07) is 0. The molecule has 0 bridgehead atoms. The zero-order valence-electron chi connectivity index (χ0n) is 4.71. The molecule has 1 heterocycles. The van der Waals surface area contributed by atoms with E-state index >= 15 is 0 Å². The monoisotopic (exact) mass is 146 g/mol. The van der Waals surface area contributed by atoms with E-state index in [9.17, 15) is 0 Å². The van der Waals surface area contributed by atoms with Crippen LogP contribution < -0.4 is 11.6 Å². The number of hydrazine groups is 1. The zero-order valence-corrected chi connectivity index (χ0v) is 5.47. The molecule has 50 valence electrons. The third-order valence-corrected chi connectivity index (χ3v) is 1.21. The predicted molar refractivity (Wildman–Crippen MR) is 36.5 cm³/mol. The first-order valence-corrected chi connectivity index (χ1v) is 2.80. The Morgan fingerprint density at radius 1 is 1.78 bits per heavy atom. The number of aliphatic imine (C=N–C) groups is 1. The van der Waals surface area contributed by atoms with Crippen molar-refractivity contribution in [1.82, 2.24) is 5.01 Å². The molecule has 4 N–H and O–H groups in total. The highest BCUT2D eigenvalue weighted by atomic mass is 35.5. The van der Waals surface area contributed by atoms with E-state index in [1.54, 1.807) is 6.08 Å². The lowest BCUT2D eigenvalue weighted by molar-refractivity contribution is 0.476. The fourth-order valence-electron chi connectivity index (χ4n) is 0.487. The Bertz CT molecular complexity index is 173. The number of halogens is 1. The van der Waals surface area contributed by atoms with Gasteiger partial charge in [-0.05, 0) is 6.08 Å². The molecule has 0 aliphatic carbocycles. The molecule has 0 fully saturated rings. The molecule has 0 aromatic rings. The van der Waals surface area contributed by atoms with E-state index in [2.05, 4.69) is 4.99 Å². The molecule has 5 heteroatoms. The number of hydrogen-bond acceptors (Lipinski definition) is 4. The summed E-state index contributed by atoms with van der Waals surface area (Å²) in [7, 11) is 0. The van der Waals surface area contributed by atoms with Crippen LogP contribution >= 0.6 is 11.6 Å². The van der Waals surface area contributed by atoms with Crippen molar-refractivity contribution in [2.45, 2.75) is 0 Å². The predicted octanol–water partition coefficient (Wildman–Crippen LogP) is -0.429. The molecule has 0 saturated heterocycles. The third kappa shape index (κ3) is 1.34. The van der Waals surface area contributed by atoms with Gasteiger partial charge >= 0.3 is 0 Å². The van der Waals surface area contributed by atoms with Crippen LogP contribution in [0.15, 0.2) is 16.2 Å². The van der Waals surface area contributed by atoms with Crippen LogP contribution in [0.3, 0.4) is 0 Å². The Balaban J connectivity index is 2.74. The first-order chi connectivity index (χ1) is 4.20. The smallest absolute Gasteiger partial charge is 0.212 e. The molecular weight excluding hydrogens is 140 g/mol. The molecule has 0 radical (unpaired) electrons. The van der Waals surface area contributed by atoms with Crippen LogP contribution in [-0.4, -0.2) is 17.5 Å². The van der Waals surface area contributed by atoms with Crippen LogP contribution in [0.5, 0.6) is 0 Å². The summed E-state index contributed by atoms with van der Waals surface area (Å²) >= 11 is 5.49. The summed E-state index contributed by atoms with van der Waals surface area (Å²) in [6.45, 7) is 0.522. The van der Waals surface area contributed by atoms with E-state index in [0.29, 0.717) is 11.7 Å². The fraction of sp³-hybridized carbons (Fsp3) is 0.250. The maximum atomic E-state index is 5.49. The third-order valence-electron chi connectivity index (χ3n) is 0.972. The van der Waals surface area contributed by atoms with Crippen molar-refractivity contribution < 1.29 is 0 Å². The van der Waals surface area contributed by atoms with Gasteiger partial charge in [0.1, 0.15) is 5.16 Å². The van der Waals surface area contributed by atoms with Crippen molar-refractivity contribution in [1.29, 1.82) is 0 Å². The van der Waals surface area contributed by atoms with Crippen molar-refractivity contribution in [3.05, 3.63) is 11.2 Å². The number of hydrogen-bond donors (Lipinski definition) is 2. The summed E-state index contributed by atoms with van der Waals surface area (Å²) in [4.78, 5) is 3.69. The van der Waals surface area contributed by atoms with Gasteiger partial charge < -0.3 is 5.73 Å². The molecule has 0 amide bonds. The first-order valence-electron chi connectivity index (χ1n) is 2.42. The van der Waals surface area contributed by atoms with Crippen LogP contribution in [0.2, 0.25) is 0 Å². The van der Waals surface area contributed by atoms with Crippen LogP contribution in [0, 0.1) is 0 Å². The second-order valence-corrected chi connectivity index (χ2v) is 2.04. The normalized spacial score (nSPS) is 19.1. The van der Waals surface area contributed by atoms with Gasteiger partial charge in [0.15, 0.2) is 0 Å². The molecule has 0 spiro atoms. The lowest BCUT2D eigenvalue weighted by Gasteiger charge is -2.17. The van der Waals surface area contributed by atoms with E-state index in [1.165, 1.54) is 5.01 Å². The Morgan fingerprint density at radius 2 is 2.44 bits per heavy atom. The molecule has 4 nitrogen and oxygen atoms in total. The molecule has 1 rings (SSSR count). The Kier molecular flexibility index (Phi) is 1.59. The molecule has 0 saturated carbocycles. The maximum absolute atomic E-state index is 5.49. The van der Waals surface area contributed by atoms with E-state index in [-0.39, 0.29) is 5.96 Å². The van der Waals surface area contributed by atoms with Crippen molar-refractivity contribution >= 4 is 17.6 Å². The average molecular weight is 147 g/mol. The van der Waals surface area contributed by atoms with Gasteiger partial charge in [0.2, 0.25) is 5.96 Å². The molecule has 0 aromatic heterocycles. The van der Waals surface area contributed by atoms with Gasteiger partial charge in [-0.1, -0.05) is 11.6 Å². The second kappa shape index (κ2) is 2.24. The highest BCUT2D eigenvalue weighted by Gasteiger charge is 2.05. The lowest BCUT2D eigenvalue weighted by Crippen LogP contribution is -2.44. The number of nitrogens with two attached hydrogens (primary N) is 2. The van der Waals surface area contributed by atoms with Crippen LogP contribution in [-0.2, 0) is 0 Å². The minimum Gasteiger partial charge on any atom is -0.368 e. The van der Waals surface area contributed by atoms with Gasteiger partial charge in [0.25, 0.3) is 0 Å². The van der Waals surface area contributed by atoms with Gasteiger partial charge in [-0.15, -0.1) is 0 Å². The van der Waals surface area contributed by atoms with Crippen molar-refractivity contribution in [2.75, 3.05) is 6.54 Å². The molecule has 9 heavy (non-hydrogen) atoms. The molecule has 1 aliphatic heterocycles. The Hall–Kier alpha value is -0.740. The summed E-state index contributed by atoms with van der Waals surface area (Å²) in [5.41, 5.74) is 5.29. The topological polar surface area (TPSA) is 67.6 Å². The molecule has 0 atom stereocenters. The van der Waals surface area contributed by atoms with Crippen LogP contribution in [0.4, 0.5) is 0 Å². The molecule has 0 aromatic carbocycles. The minimum atomic E-state index is 0.252. The van der Waals surface area contributed by atoms with Crippen LogP contribution in [0.25, 0.3) is 0 Å².